The maximum atomic E-state index is 13.9. The van der Waals surface area contributed by atoms with E-state index in [9.17, 15) is 24.0 Å². The van der Waals surface area contributed by atoms with Gasteiger partial charge in [-0.25, -0.2) is 0 Å². The Morgan fingerprint density at radius 1 is 0.913 bits per heavy atom. The van der Waals surface area contributed by atoms with Gasteiger partial charge in [0.15, 0.2) is 0 Å². The number of carbonyl (C=O) groups excluding carboxylic acids is 5. The molecule has 46 heavy (non-hydrogen) atoms. The van der Waals surface area contributed by atoms with Crippen molar-refractivity contribution in [3.8, 4) is 11.5 Å². The molecular weight excluding hydrogens is 590 g/mol. The van der Waals surface area contributed by atoms with Crippen molar-refractivity contribution in [1.29, 1.82) is 0 Å². The summed E-state index contributed by atoms with van der Waals surface area (Å²) in [6.45, 7) is 0.459. The predicted molar refractivity (Wildman–Crippen MR) is 170 cm³/mol. The van der Waals surface area contributed by atoms with E-state index in [0.717, 1.165) is 37.7 Å². The first-order chi connectivity index (χ1) is 22.2. The molecule has 4 amide bonds. The van der Waals surface area contributed by atoms with Gasteiger partial charge < -0.3 is 35.7 Å². The Labute approximate surface area is 267 Å². The number of hydrogen-bond acceptors (Lipinski definition) is 7. The van der Waals surface area contributed by atoms with Gasteiger partial charge in [0.2, 0.25) is 17.6 Å². The summed E-state index contributed by atoms with van der Waals surface area (Å²) < 4.78 is 10.8. The van der Waals surface area contributed by atoms with Gasteiger partial charge in [-0.1, -0.05) is 49.6 Å². The molecule has 2 heterocycles. The lowest BCUT2D eigenvalue weighted by Gasteiger charge is -2.26. The van der Waals surface area contributed by atoms with Crippen molar-refractivity contribution in [3.05, 3.63) is 59.8 Å². The average molecular weight is 632 g/mol. The van der Waals surface area contributed by atoms with E-state index in [1.807, 2.05) is 30.3 Å². The molecule has 1 saturated heterocycles. The highest BCUT2D eigenvalue weighted by Crippen LogP contribution is 2.31. The predicted octanol–water partition coefficient (Wildman–Crippen LogP) is 2.56. The molecule has 5 rings (SSSR count). The van der Waals surface area contributed by atoms with Crippen molar-refractivity contribution in [2.45, 2.75) is 69.5 Å². The van der Waals surface area contributed by atoms with Gasteiger partial charge in [-0.05, 0) is 37.3 Å². The number of rotatable bonds is 13. The van der Waals surface area contributed by atoms with E-state index >= 15 is 0 Å². The van der Waals surface area contributed by atoms with Crippen molar-refractivity contribution in [2.24, 2.45) is 5.92 Å². The van der Waals surface area contributed by atoms with Gasteiger partial charge in [0, 0.05) is 42.4 Å². The number of Topliss-reactive ketones (excluding diaryl/α,β-unsaturated/α-hetero) is 1. The lowest BCUT2D eigenvalue weighted by molar-refractivity contribution is -0.141. The molecule has 1 aromatic heterocycles. The molecule has 244 valence electrons. The molecule has 2 aromatic carbocycles. The number of nitrogens with one attached hydrogen (secondary N) is 5. The molecule has 2 aliphatic rings. The minimum Gasteiger partial charge on any atom is -0.497 e. The minimum absolute atomic E-state index is 0.0237. The summed E-state index contributed by atoms with van der Waals surface area (Å²) in [7, 11) is 3.05. The Bertz CT molecular complexity index is 1580. The molecule has 0 radical (unpaired) electrons. The van der Waals surface area contributed by atoms with Crippen LogP contribution in [0.1, 0.15) is 61.0 Å². The zero-order chi connectivity index (χ0) is 32.6. The molecule has 12 heteroatoms. The first-order valence-corrected chi connectivity index (χ1v) is 15.8. The highest BCUT2D eigenvalue weighted by molar-refractivity contribution is 6.38. The third-order valence-corrected chi connectivity index (χ3v) is 8.76. The second-order valence-electron chi connectivity index (χ2n) is 11.9. The molecule has 0 spiro atoms. The summed E-state index contributed by atoms with van der Waals surface area (Å²) in [6.07, 6.45) is 5.20. The number of fused-ring (bicyclic) bond motifs is 1. The van der Waals surface area contributed by atoms with Gasteiger partial charge in [-0.2, -0.15) is 0 Å². The number of methoxy groups -OCH3 is 2. The number of aromatic nitrogens is 1. The van der Waals surface area contributed by atoms with Crippen LogP contribution >= 0.6 is 0 Å². The summed E-state index contributed by atoms with van der Waals surface area (Å²) in [5.41, 5.74) is 1.57. The summed E-state index contributed by atoms with van der Waals surface area (Å²) in [6, 6.07) is 11.8. The van der Waals surface area contributed by atoms with Gasteiger partial charge >= 0.3 is 0 Å². The van der Waals surface area contributed by atoms with Crippen LogP contribution in [0.4, 0.5) is 0 Å². The van der Waals surface area contributed by atoms with Crippen molar-refractivity contribution in [3.63, 3.8) is 0 Å². The Morgan fingerprint density at radius 2 is 1.67 bits per heavy atom. The van der Waals surface area contributed by atoms with Crippen molar-refractivity contribution >= 4 is 40.3 Å². The Kier molecular flexibility index (Phi) is 10.6. The van der Waals surface area contributed by atoms with Gasteiger partial charge in [0.25, 0.3) is 11.8 Å². The van der Waals surface area contributed by atoms with Crippen LogP contribution < -0.4 is 30.7 Å². The van der Waals surface area contributed by atoms with E-state index < -0.39 is 41.5 Å². The Hall–Kier alpha value is -4.87. The number of aromatic amines is 1. The topological polar surface area (TPSA) is 168 Å². The highest BCUT2D eigenvalue weighted by Gasteiger charge is 2.36. The third-order valence-electron chi connectivity index (χ3n) is 8.76. The third kappa shape index (κ3) is 7.85. The van der Waals surface area contributed by atoms with Crippen LogP contribution in [0, 0.1) is 5.92 Å². The number of amides is 4. The fraction of sp³-hybridized carbons (Fsp3) is 0.441. The Balaban J connectivity index is 1.37. The van der Waals surface area contributed by atoms with Crippen LogP contribution in [-0.4, -0.2) is 73.3 Å². The SMILES string of the molecule is COc1cc(OC)c2cc(C(=O)N[C@@H](Cc3ccccc3)C(=O)N[C@@H](C[C@@H]3CCNC3=O)C(=O)C(=O)NC3CCCCC3)[nH]c2c1. The maximum absolute atomic E-state index is 13.9. The lowest BCUT2D eigenvalue weighted by Crippen LogP contribution is -2.55. The van der Waals surface area contributed by atoms with Gasteiger partial charge in [0.1, 0.15) is 23.2 Å². The van der Waals surface area contributed by atoms with Gasteiger partial charge in [-0.15, -0.1) is 0 Å². The second-order valence-corrected chi connectivity index (χ2v) is 11.9. The monoisotopic (exact) mass is 631 g/mol. The van der Waals surface area contributed by atoms with Crippen LogP contribution in [0.15, 0.2) is 48.5 Å². The van der Waals surface area contributed by atoms with E-state index in [1.165, 1.54) is 14.2 Å². The van der Waals surface area contributed by atoms with E-state index in [1.54, 1.807) is 18.2 Å². The minimum atomic E-state index is -1.25. The van der Waals surface area contributed by atoms with Crippen molar-refractivity contribution < 1.29 is 33.4 Å². The van der Waals surface area contributed by atoms with Crippen LogP contribution in [0.25, 0.3) is 10.9 Å². The zero-order valence-electron chi connectivity index (χ0n) is 26.1. The molecule has 3 atom stereocenters. The van der Waals surface area contributed by atoms with E-state index in [-0.39, 0.29) is 30.5 Å². The number of hydrogen-bond donors (Lipinski definition) is 5. The number of H-pyrrole nitrogens is 1. The number of carbonyl (C=O) groups is 5. The first-order valence-electron chi connectivity index (χ1n) is 15.8. The normalized spacial score (nSPS) is 17.9. The van der Waals surface area contributed by atoms with Gasteiger partial charge in [0.05, 0.1) is 25.8 Å². The zero-order valence-corrected chi connectivity index (χ0v) is 26.1. The summed E-state index contributed by atoms with van der Waals surface area (Å²) >= 11 is 0. The molecular formula is C34H41N5O7. The largest absolute Gasteiger partial charge is 0.497 e. The first kappa shape index (κ1) is 32.5. The van der Waals surface area contributed by atoms with Crippen LogP contribution in [0.2, 0.25) is 0 Å². The summed E-state index contributed by atoms with van der Waals surface area (Å²) in [5, 5.41) is 11.8. The molecule has 1 aliphatic heterocycles. The fourth-order valence-corrected chi connectivity index (χ4v) is 6.20. The van der Waals surface area contributed by atoms with Crippen molar-refractivity contribution in [1.82, 2.24) is 26.3 Å². The fourth-order valence-electron chi connectivity index (χ4n) is 6.20. The second kappa shape index (κ2) is 14.9. The quantitative estimate of drug-likeness (QED) is 0.181. The van der Waals surface area contributed by atoms with Crippen LogP contribution in [0.5, 0.6) is 11.5 Å². The molecule has 1 saturated carbocycles. The van der Waals surface area contributed by atoms with Crippen LogP contribution in [-0.2, 0) is 25.6 Å². The summed E-state index contributed by atoms with van der Waals surface area (Å²) in [4.78, 5) is 69.6. The number of ether oxygens (including phenoxy) is 2. The summed E-state index contributed by atoms with van der Waals surface area (Å²) in [5.74, 6) is -2.49. The van der Waals surface area contributed by atoms with E-state index in [4.69, 9.17) is 9.47 Å². The molecule has 0 bridgehead atoms. The molecule has 3 aromatic rings. The molecule has 1 aliphatic carbocycles. The molecule has 12 nitrogen and oxygen atoms in total. The molecule has 2 fully saturated rings. The Morgan fingerprint density at radius 3 is 2.35 bits per heavy atom. The smallest absolute Gasteiger partial charge is 0.289 e. The average Bonchev–Trinajstić information content (AvgIpc) is 3.69. The van der Waals surface area contributed by atoms with Crippen LogP contribution in [0.3, 0.4) is 0 Å². The molecule has 5 N–H and O–H groups in total. The van der Waals surface area contributed by atoms with Crippen molar-refractivity contribution in [2.75, 3.05) is 20.8 Å². The van der Waals surface area contributed by atoms with E-state index in [0.29, 0.717) is 35.4 Å². The van der Waals surface area contributed by atoms with E-state index in [2.05, 4.69) is 26.3 Å². The molecule has 0 unspecified atom stereocenters. The maximum Gasteiger partial charge on any atom is 0.289 e. The number of benzene rings is 2. The lowest BCUT2D eigenvalue weighted by atomic mass is 9.93. The van der Waals surface area contributed by atoms with Gasteiger partial charge in [-0.3, -0.25) is 24.0 Å². The number of ketones is 1. The highest BCUT2D eigenvalue weighted by atomic mass is 16.5. The standard InChI is InChI=1S/C34H41N5O7/c1-45-23-17-25-24(29(18-23)46-2)19-28(37-25)33(43)39-27(15-20-9-5-3-6-10-20)32(42)38-26(16-21-13-14-35-31(21)41)30(40)34(44)36-22-11-7-4-8-12-22/h3,5-6,9-10,17-19,21-22,26-27,37H,4,7-8,11-16H2,1-2H3,(H,35,41)(H,36,44)(H,38,42)(H,39,43)/t21-,26-,27-/m0/s1.